The lowest BCUT2D eigenvalue weighted by molar-refractivity contribution is -0.140. The van der Waals surface area contributed by atoms with Crippen LogP contribution in [0.4, 0.5) is 5.69 Å². The minimum absolute atomic E-state index is 0.00404. The number of carbonyl (C=O) groups is 2. The summed E-state index contributed by atoms with van der Waals surface area (Å²) < 4.78 is 34.1. The molecule has 202 valence electrons. The van der Waals surface area contributed by atoms with Crippen LogP contribution in [0.1, 0.15) is 24.5 Å². The largest absolute Gasteiger partial charge is 0.497 e. The Bertz CT molecular complexity index is 1380. The van der Waals surface area contributed by atoms with Crippen LogP contribution < -0.4 is 14.4 Å². The lowest BCUT2D eigenvalue weighted by Gasteiger charge is -2.33. The standard InChI is InChI=1S/C28H32ClN3O5S/c1-5-25(28(34)30-3)31(18-21-10-8-11-23(17-21)37-4)27(33)19-32(26-12-7-6-9-20(26)2)38(35,36)24-15-13-22(29)14-16-24/h6-17,25H,5,18-19H2,1-4H3,(H,30,34)/t25-/m0/s1. The quantitative estimate of drug-likeness (QED) is 0.377. The molecule has 3 aromatic carbocycles. The van der Waals surface area contributed by atoms with E-state index < -0.39 is 28.5 Å². The summed E-state index contributed by atoms with van der Waals surface area (Å²) in [4.78, 5) is 28.1. The Labute approximate surface area is 229 Å². The number of ether oxygens (including phenoxy) is 1. The summed E-state index contributed by atoms with van der Waals surface area (Å²) in [6, 6.07) is 19.1. The lowest BCUT2D eigenvalue weighted by Crippen LogP contribution is -2.51. The minimum Gasteiger partial charge on any atom is -0.497 e. The number of hydrogen-bond donors (Lipinski definition) is 1. The average Bonchev–Trinajstić information content (AvgIpc) is 2.92. The molecule has 0 aromatic heterocycles. The van der Waals surface area contributed by atoms with Crippen molar-refractivity contribution in [2.45, 2.75) is 37.8 Å². The predicted octanol–water partition coefficient (Wildman–Crippen LogP) is 4.41. The molecule has 0 unspecified atom stereocenters. The molecule has 0 saturated carbocycles. The Morgan fingerprint density at radius 3 is 2.32 bits per heavy atom. The first kappa shape index (κ1) is 29.0. The maximum Gasteiger partial charge on any atom is 0.264 e. The lowest BCUT2D eigenvalue weighted by atomic mass is 10.1. The third kappa shape index (κ3) is 6.65. The molecule has 1 N–H and O–H groups in total. The van der Waals surface area contributed by atoms with Crippen LogP contribution in [-0.4, -0.2) is 51.9 Å². The number of amides is 2. The third-order valence-corrected chi connectivity index (χ3v) is 8.21. The summed E-state index contributed by atoms with van der Waals surface area (Å²) in [5, 5.41) is 3.01. The van der Waals surface area contributed by atoms with Gasteiger partial charge >= 0.3 is 0 Å². The van der Waals surface area contributed by atoms with Gasteiger partial charge in [-0.15, -0.1) is 0 Å². The summed E-state index contributed by atoms with van der Waals surface area (Å²) >= 11 is 5.99. The molecular weight excluding hydrogens is 526 g/mol. The summed E-state index contributed by atoms with van der Waals surface area (Å²) in [5.41, 5.74) is 1.78. The number of nitrogens with one attached hydrogen (secondary N) is 1. The van der Waals surface area contributed by atoms with Gasteiger partial charge in [-0.1, -0.05) is 48.9 Å². The van der Waals surface area contributed by atoms with Gasteiger partial charge in [0, 0.05) is 18.6 Å². The van der Waals surface area contributed by atoms with Crippen molar-refractivity contribution in [2.24, 2.45) is 0 Å². The van der Waals surface area contributed by atoms with Crippen molar-refractivity contribution in [3.8, 4) is 5.75 Å². The number of carbonyl (C=O) groups excluding carboxylic acids is 2. The zero-order valence-electron chi connectivity index (χ0n) is 21.8. The number of nitrogens with zero attached hydrogens (tertiary/aromatic N) is 2. The Kier molecular flexibility index (Phi) is 9.77. The highest BCUT2D eigenvalue weighted by Gasteiger charge is 2.33. The number of hydrogen-bond acceptors (Lipinski definition) is 5. The van der Waals surface area contributed by atoms with Crippen LogP contribution >= 0.6 is 11.6 Å². The van der Waals surface area contributed by atoms with Gasteiger partial charge in [-0.25, -0.2) is 8.42 Å². The highest BCUT2D eigenvalue weighted by Crippen LogP contribution is 2.28. The maximum atomic E-state index is 13.9. The van der Waals surface area contributed by atoms with E-state index in [9.17, 15) is 18.0 Å². The number of methoxy groups -OCH3 is 1. The molecule has 0 spiro atoms. The summed E-state index contributed by atoms with van der Waals surface area (Å²) in [7, 11) is -1.11. The van der Waals surface area contributed by atoms with Crippen LogP contribution in [0.3, 0.4) is 0 Å². The van der Waals surface area contributed by atoms with E-state index in [1.165, 1.54) is 36.2 Å². The first-order valence-electron chi connectivity index (χ1n) is 12.1. The van der Waals surface area contributed by atoms with E-state index in [0.717, 1.165) is 9.87 Å². The summed E-state index contributed by atoms with van der Waals surface area (Å²) in [5.74, 6) is -0.259. The van der Waals surface area contributed by atoms with Crippen LogP contribution in [-0.2, 0) is 26.2 Å². The highest BCUT2D eigenvalue weighted by atomic mass is 35.5. The van der Waals surface area contributed by atoms with Crippen molar-refractivity contribution < 1.29 is 22.7 Å². The van der Waals surface area contributed by atoms with E-state index in [1.54, 1.807) is 63.4 Å². The number of halogens is 1. The van der Waals surface area contributed by atoms with Crippen molar-refractivity contribution in [1.82, 2.24) is 10.2 Å². The monoisotopic (exact) mass is 557 g/mol. The molecule has 0 fully saturated rings. The van der Waals surface area contributed by atoms with Crippen molar-refractivity contribution >= 4 is 39.1 Å². The van der Waals surface area contributed by atoms with Gasteiger partial charge in [-0.3, -0.25) is 13.9 Å². The molecule has 10 heteroatoms. The number of rotatable bonds is 11. The first-order chi connectivity index (χ1) is 18.1. The second-order valence-electron chi connectivity index (χ2n) is 8.66. The Morgan fingerprint density at radius 2 is 1.71 bits per heavy atom. The Balaban J connectivity index is 2.07. The second-order valence-corrected chi connectivity index (χ2v) is 11.0. The van der Waals surface area contributed by atoms with Gasteiger partial charge in [0.15, 0.2) is 0 Å². The van der Waals surface area contributed by atoms with Crippen LogP contribution in [0, 0.1) is 6.92 Å². The number of sulfonamides is 1. The van der Waals surface area contributed by atoms with E-state index in [0.29, 0.717) is 28.4 Å². The van der Waals surface area contributed by atoms with Gasteiger partial charge in [0.2, 0.25) is 11.8 Å². The molecule has 0 aliphatic carbocycles. The highest BCUT2D eigenvalue weighted by molar-refractivity contribution is 7.92. The zero-order valence-corrected chi connectivity index (χ0v) is 23.4. The average molecular weight is 558 g/mol. The smallest absolute Gasteiger partial charge is 0.264 e. The number of benzene rings is 3. The van der Waals surface area contributed by atoms with E-state index >= 15 is 0 Å². The molecule has 38 heavy (non-hydrogen) atoms. The summed E-state index contributed by atoms with van der Waals surface area (Å²) in [6.07, 6.45) is 0.337. The first-order valence-corrected chi connectivity index (χ1v) is 13.9. The molecule has 3 rings (SSSR count). The van der Waals surface area contributed by atoms with Gasteiger partial charge in [0.1, 0.15) is 18.3 Å². The van der Waals surface area contributed by atoms with E-state index in [-0.39, 0.29) is 17.3 Å². The maximum absolute atomic E-state index is 13.9. The van der Waals surface area contributed by atoms with Gasteiger partial charge in [-0.05, 0) is 66.9 Å². The van der Waals surface area contributed by atoms with Crippen LogP contribution in [0.5, 0.6) is 5.75 Å². The van der Waals surface area contributed by atoms with Crippen molar-refractivity contribution in [3.05, 3.63) is 88.9 Å². The fraction of sp³-hybridized carbons (Fsp3) is 0.286. The molecule has 8 nitrogen and oxygen atoms in total. The topological polar surface area (TPSA) is 96.0 Å². The van der Waals surface area contributed by atoms with Gasteiger partial charge in [0.05, 0.1) is 17.7 Å². The Morgan fingerprint density at radius 1 is 1.03 bits per heavy atom. The van der Waals surface area contributed by atoms with Crippen LogP contribution in [0.25, 0.3) is 0 Å². The molecule has 2 amide bonds. The van der Waals surface area contributed by atoms with E-state index in [1.807, 2.05) is 6.07 Å². The van der Waals surface area contributed by atoms with Gasteiger partial charge in [0.25, 0.3) is 10.0 Å². The van der Waals surface area contributed by atoms with Crippen molar-refractivity contribution in [3.63, 3.8) is 0 Å². The van der Waals surface area contributed by atoms with Crippen molar-refractivity contribution in [1.29, 1.82) is 0 Å². The number of aryl methyl sites for hydroxylation is 1. The molecule has 0 bridgehead atoms. The van der Waals surface area contributed by atoms with Crippen LogP contribution in [0.2, 0.25) is 5.02 Å². The number of anilines is 1. The molecule has 0 radical (unpaired) electrons. The fourth-order valence-electron chi connectivity index (χ4n) is 4.14. The molecule has 0 aliphatic rings. The molecule has 0 aliphatic heterocycles. The normalized spacial score (nSPS) is 11.9. The van der Waals surface area contributed by atoms with Gasteiger partial charge < -0.3 is 15.0 Å². The predicted molar refractivity (Wildman–Crippen MR) is 149 cm³/mol. The van der Waals surface area contributed by atoms with Crippen LogP contribution in [0.15, 0.2) is 77.7 Å². The Hall–Kier alpha value is -3.56. The minimum atomic E-state index is -4.16. The number of para-hydroxylation sites is 1. The number of likely N-dealkylation sites (N-methyl/N-ethyl adjacent to an activating group) is 1. The van der Waals surface area contributed by atoms with Gasteiger partial charge in [-0.2, -0.15) is 0 Å². The third-order valence-electron chi connectivity index (χ3n) is 6.18. The SMILES string of the molecule is CC[C@@H](C(=O)NC)N(Cc1cccc(OC)c1)C(=O)CN(c1ccccc1C)S(=O)(=O)c1ccc(Cl)cc1. The molecule has 3 aromatic rings. The fourth-order valence-corrected chi connectivity index (χ4v) is 5.75. The van der Waals surface area contributed by atoms with E-state index in [4.69, 9.17) is 16.3 Å². The molecular formula is C28H32ClN3O5S. The van der Waals surface area contributed by atoms with Crippen molar-refractivity contribution in [2.75, 3.05) is 25.0 Å². The zero-order chi connectivity index (χ0) is 27.9. The molecule has 1 atom stereocenters. The second kappa shape index (κ2) is 12.8. The van der Waals surface area contributed by atoms with E-state index in [2.05, 4.69) is 5.32 Å². The molecule has 0 saturated heterocycles. The summed E-state index contributed by atoms with van der Waals surface area (Å²) in [6.45, 7) is 3.16. The molecule has 0 heterocycles.